The van der Waals surface area contributed by atoms with E-state index < -0.39 is 23.8 Å². The van der Waals surface area contributed by atoms with Gasteiger partial charge in [0, 0.05) is 5.69 Å². The molecule has 6 heteroatoms. The first-order valence-electron chi connectivity index (χ1n) is 6.10. The summed E-state index contributed by atoms with van der Waals surface area (Å²) in [5.74, 6) is -1.38. The summed E-state index contributed by atoms with van der Waals surface area (Å²) in [4.78, 5) is 11.4. The molecule has 3 nitrogen and oxygen atoms in total. The van der Waals surface area contributed by atoms with Crippen LogP contribution in [0.5, 0.6) is 0 Å². The molecule has 0 saturated carbocycles. The summed E-state index contributed by atoms with van der Waals surface area (Å²) >= 11 is 0. The minimum atomic E-state index is -4.61. The molecule has 0 saturated heterocycles. The summed E-state index contributed by atoms with van der Waals surface area (Å²) in [6, 6.07) is 11.4. The molecule has 110 valence electrons. The van der Waals surface area contributed by atoms with Gasteiger partial charge in [0.1, 0.15) is 0 Å². The van der Waals surface area contributed by atoms with Crippen LogP contribution in [0.25, 0.3) is 0 Å². The lowest BCUT2D eigenvalue weighted by atomic mass is 9.99. The molecule has 0 aliphatic heterocycles. The summed E-state index contributed by atoms with van der Waals surface area (Å²) < 4.78 is 39.0. The van der Waals surface area contributed by atoms with E-state index in [1.165, 1.54) is 12.1 Å². The molecule has 2 aromatic rings. The van der Waals surface area contributed by atoms with Crippen molar-refractivity contribution in [1.29, 1.82) is 0 Å². The molecule has 2 aromatic carbocycles. The molecule has 1 unspecified atom stereocenters. The van der Waals surface area contributed by atoms with Gasteiger partial charge in [0.2, 0.25) is 0 Å². The molecule has 0 aromatic heterocycles. The van der Waals surface area contributed by atoms with Gasteiger partial charge in [-0.15, -0.1) is 0 Å². The summed E-state index contributed by atoms with van der Waals surface area (Å²) in [6.07, 6.45) is -4.61. The fourth-order valence-corrected chi connectivity index (χ4v) is 1.98. The predicted octanol–water partition coefficient (Wildman–Crippen LogP) is 3.94. The molecule has 0 radical (unpaired) electrons. The molecule has 2 N–H and O–H groups in total. The smallest absolute Gasteiger partial charge is 0.416 e. The highest BCUT2D eigenvalue weighted by atomic mass is 19.4. The Morgan fingerprint density at radius 1 is 1.00 bits per heavy atom. The number of carboxylic acids is 1. The Morgan fingerprint density at radius 3 is 2.14 bits per heavy atom. The minimum absolute atomic E-state index is 0.318. The van der Waals surface area contributed by atoms with Crippen LogP contribution < -0.4 is 5.32 Å². The van der Waals surface area contributed by atoms with Crippen LogP contribution in [0.3, 0.4) is 0 Å². The van der Waals surface area contributed by atoms with Crippen molar-refractivity contribution in [2.45, 2.75) is 12.2 Å². The number of aliphatic carboxylic acids is 1. The zero-order valence-electron chi connectivity index (χ0n) is 10.8. The van der Waals surface area contributed by atoms with Gasteiger partial charge in [0.15, 0.2) is 6.04 Å². The van der Waals surface area contributed by atoms with Gasteiger partial charge in [-0.05, 0) is 23.8 Å². The van der Waals surface area contributed by atoms with Crippen LogP contribution in [-0.4, -0.2) is 11.1 Å². The number of para-hydroxylation sites is 1. The average molecular weight is 295 g/mol. The van der Waals surface area contributed by atoms with E-state index in [1.807, 2.05) is 0 Å². The maximum absolute atomic E-state index is 13.0. The predicted molar refractivity (Wildman–Crippen MR) is 71.9 cm³/mol. The second-order valence-electron chi connectivity index (χ2n) is 4.37. The number of hydrogen-bond donors (Lipinski definition) is 2. The fraction of sp³-hybridized carbons (Fsp3) is 0.133. The molecule has 21 heavy (non-hydrogen) atoms. The lowest BCUT2D eigenvalue weighted by Crippen LogP contribution is -2.24. The first-order chi connectivity index (χ1) is 9.89. The summed E-state index contributed by atoms with van der Waals surface area (Å²) in [5.41, 5.74) is -0.843. The molecule has 0 bridgehead atoms. The van der Waals surface area contributed by atoms with Crippen LogP contribution in [0.15, 0.2) is 54.6 Å². The molecule has 0 aliphatic rings. The first kappa shape index (κ1) is 14.9. The summed E-state index contributed by atoms with van der Waals surface area (Å²) in [6.45, 7) is 0. The van der Waals surface area contributed by atoms with E-state index in [0.29, 0.717) is 5.69 Å². The molecule has 0 spiro atoms. The van der Waals surface area contributed by atoms with Gasteiger partial charge in [-0.25, -0.2) is 4.79 Å². The van der Waals surface area contributed by atoms with E-state index in [2.05, 4.69) is 5.32 Å². The van der Waals surface area contributed by atoms with Crippen molar-refractivity contribution >= 4 is 11.7 Å². The quantitative estimate of drug-likeness (QED) is 0.898. The Kier molecular flexibility index (Phi) is 4.16. The van der Waals surface area contributed by atoms with Gasteiger partial charge in [-0.2, -0.15) is 13.2 Å². The Bertz CT molecular complexity index is 626. The van der Waals surface area contributed by atoms with Gasteiger partial charge in [0.25, 0.3) is 0 Å². The van der Waals surface area contributed by atoms with Crippen molar-refractivity contribution in [3.05, 3.63) is 65.7 Å². The van der Waals surface area contributed by atoms with Crippen LogP contribution >= 0.6 is 0 Å². The van der Waals surface area contributed by atoms with Crippen LogP contribution in [0.1, 0.15) is 17.2 Å². The molecule has 1 atom stereocenters. The Morgan fingerprint density at radius 2 is 1.57 bits per heavy atom. The molecule has 0 amide bonds. The number of nitrogens with one attached hydrogen (secondary N) is 1. The number of hydrogen-bond acceptors (Lipinski definition) is 2. The molecule has 2 rings (SSSR count). The van der Waals surface area contributed by atoms with Crippen molar-refractivity contribution in [3.63, 3.8) is 0 Å². The number of rotatable bonds is 4. The van der Waals surface area contributed by atoms with Crippen LogP contribution in [0.2, 0.25) is 0 Å². The van der Waals surface area contributed by atoms with E-state index >= 15 is 0 Å². The Labute approximate surface area is 119 Å². The van der Waals surface area contributed by atoms with Gasteiger partial charge >= 0.3 is 12.1 Å². The number of benzene rings is 2. The molecular formula is C15H12F3NO2. The largest absolute Gasteiger partial charge is 0.479 e. The second-order valence-corrected chi connectivity index (χ2v) is 4.37. The van der Waals surface area contributed by atoms with Crippen LogP contribution in [0.4, 0.5) is 18.9 Å². The molecule has 0 aliphatic carbocycles. The van der Waals surface area contributed by atoms with Crippen molar-refractivity contribution in [3.8, 4) is 0 Å². The van der Waals surface area contributed by atoms with E-state index in [-0.39, 0.29) is 5.56 Å². The summed E-state index contributed by atoms with van der Waals surface area (Å²) in [7, 11) is 0. The number of carboxylic acid groups (broad SMARTS) is 1. The zero-order chi connectivity index (χ0) is 15.5. The van der Waals surface area contributed by atoms with Crippen molar-refractivity contribution in [1.82, 2.24) is 0 Å². The second kappa shape index (κ2) is 5.87. The highest BCUT2D eigenvalue weighted by Crippen LogP contribution is 2.35. The number of anilines is 1. The Hall–Kier alpha value is -2.50. The maximum Gasteiger partial charge on any atom is 0.416 e. The molecule has 0 fully saturated rings. The average Bonchev–Trinajstić information content (AvgIpc) is 2.45. The highest BCUT2D eigenvalue weighted by Gasteiger charge is 2.36. The number of halogens is 3. The number of alkyl halides is 3. The van der Waals surface area contributed by atoms with Crippen molar-refractivity contribution in [2.75, 3.05) is 5.32 Å². The minimum Gasteiger partial charge on any atom is -0.479 e. The third kappa shape index (κ3) is 3.53. The van der Waals surface area contributed by atoms with Gasteiger partial charge in [-0.1, -0.05) is 36.4 Å². The van der Waals surface area contributed by atoms with Crippen molar-refractivity contribution < 1.29 is 23.1 Å². The van der Waals surface area contributed by atoms with Gasteiger partial charge in [-0.3, -0.25) is 0 Å². The number of carbonyl (C=O) groups is 1. The standard InChI is InChI=1S/C15H12F3NO2/c16-15(17,18)12-9-5-4-8-11(12)13(14(20)21)19-10-6-2-1-3-7-10/h1-9,13,19H,(H,20,21). The van der Waals surface area contributed by atoms with E-state index in [9.17, 15) is 23.1 Å². The maximum atomic E-state index is 13.0. The van der Waals surface area contributed by atoms with Crippen LogP contribution in [-0.2, 0) is 11.0 Å². The topological polar surface area (TPSA) is 49.3 Å². The van der Waals surface area contributed by atoms with Crippen molar-refractivity contribution in [2.24, 2.45) is 0 Å². The Balaban J connectivity index is 2.42. The highest BCUT2D eigenvalue weighted by molar-refractivity contribution is 5.80. The third-order valence-corrected chi connectivity index (χ3v) is 2.91. The van der Waals surface area contributed by atoms with E-state index in [0.717, 1.165) is 12.1 Å². The molecule has 0 heterocycles. The van der Waals surface area contributed by atoms with E-state index in [4.69, 9.17) is 0 Å². The SMILES string of the molecule is O=C(O)C(Nc1ccccc1)c1ccccc1C(F)(F)F. The van der Waals surface area contributed by atoms with Crippen LogP contribution in [0, 0.1) is 0 Å². The lowest BCUT2D eigenvalue weighted by Gasteiger charge is -2.20. The van der Waals surface area contributed by atoms with Gasteiger partial charge in [0.05, 0.1) is 5.56 Å². The monoisotopic (exact) mass is 295 g/mol. The summed E-state index contributed by atoms with van der Waals surface area (Å²) in [5, 5.41) is 11.9. The van der Waals surface area contributed by atoms with Gasteiger partial charge < -0.3 is 10.4 Å². The lowest BCUT2D eigenvalue weighted by molar-refractivity contribution is -0.141. The molecular weight excluding hydrogens is 283 g/mol. The van der Waals surface area contributed by atoms with E-state index in [1.54, 1.807) is 30.3 Å². The zero-order valence-corrected chi connectivity index (χ0v) is 10.8. The third-order valence-electron chi connectivity index (χ3n) is 2.91. The fourth-order valence-electron chi connectivity index (χ4n) is 1.98. The first-order valence-corrected chi connectivity index (χ1v) is 6.10. The normalized spacial score (nSPS) is 12.7.